The molecular weight excluding hydrogens is 318 g/mol. The van der Waals surface area contributed by atoms with Crippen LogP contribution in [0.1, 0.15) is 68.1 Å². The average molecular weight is 349 g/mol. The first-order chi connectivity index (χ1) is 12.2. The first kappa shape index (κ1) is 18.4. The van der Waals surface area contributed by atoms with Gasteiger partial charge in [0.1, 0.15) is 0 Å². The van der Waals surface area contributed by atoms with Crippen molar-refractivity contribution in [2.75, 3.05) is 39.4 Å². The van der Waals surface area contributed by atoms with Crippen LogP contribution in [0.2, 0.25) is 0 Å². The summed E-state index contributed by atoms with van der Waals surface area (Å²) in [5.74, 6) is 0.749. The summed E-state index contributed by atoms with van der Waals surface area (Å²) in [6.45, 7) is 9.56. The maximum Gasteiger partial charge on any atom is 0.292 e. The van der Waals surface area contributed by atoms with Crippen LogP contribution < -0.4 is 0 Å². The monoisotopic (exact) mass is 349 g/mol. The lowest BCUT2D eigenvalue weighted by Gasteiger charge is -2.33. The molecule has 6 heteroatoms. The molecular formula is C19H31N3O3. The van der Waals surface area contributed by atoms with Crippen molar-refractivity contribution in [3.63, 3.8) is 0 Å². The lowest BCUT2D eigenvalue weighted by molar-refractivity contribution is 0.0350. The Bertz CT molecular complexity index is 550. The number of aromatic nitrogens is 1. The highest BCUT2D eigenvalue weighted by Crippen LogP contribution is 2.23. The van der Waals surface area contributed by atoms with Crippen molar-refractivity contribution in [3.05, 3.63) is 17.5 Å². The number of nitrogens with zero attached hydrogens (tertiary/aromatic N) is 3. The molecule has 0 spiro atoms. The predicted molar refractivity (Wildman–Crippen MR) is 95.8 cm³/mol. The summed E-state index contributed by atoms with van der Waals surface area (Å²) in [6.07, 6.45) is 5.25. The quantitative estimate of drug-likeness (QED) is 0.818. The van der Waals surface area contributed by atoms with E-state index in [0.29, 0.717) is 17.7 Å². The van der Waals surface area contributed by atoms with E-state index in [2.05, 4.69) is 23.9 Å². The van der Waals surface area contributed by atoms with Crippen molar-refractivity contribution >= 4 is 5.91 Å². The fourth-order valence-corrected chi connectivity index (χ4v) is 4.00. The van der Waals surface area contributed by atoms with Crippen LogP contribution in [0.15, 0.2) is 10.6 Å². The van der Waals surface area contributed by atoms with Gasteiger partial charge in [-0.3, -0.25) is 9.69 Å². The van der Waals surface area contributed by atoms with Crippen LogP contribution >= 0.6 is 0 Å². The van der Waals surface area contributed by atoms with Crippen LogP contribution in [0, 0.1) is 0 Å². The van der Waals surface area contributed by atoms with Crippen molar-refractivity contribution in [1.29, 1.82) is 0 Å². The van der Waals surface area contributed by atoms with Gasteiger partial charge in [-0.05, 0) is 32.1 Å². The molecule has 25 heavy (non-hydrogen) atoms. The molecule has 1 amide bonds. The average Bonchev–Trinajstić information content (AvgIpc) is 3.00. The van der Waals surface area contributed by atoms with Gasteiger partial charge in [-0.2, -0.15) is 0 Å². The molecule has 2 aliphatic heterocycles. The maximum atomic E-state index is 12.8. The number of hydrogen-bond acceptors (Lipinski definition) is 5. The van der Waals surface area contributed by atoms with Crippen LogP contribution in [-0.2, 0) is 4.74 Å². The van der Waals surface area contributed by atoms with Crippen LogP contribution in [-0.4, -0.2) is 66.3 Å². The number of hydrogen-bond donors (Lipinski definition) is 0. The Labute approximate surface area is 150 Å². The van der Waals surface area contributed by atoms with E-state index in [-0.39, 0.29) is 5.91 Å². The largest absolute Gasteiger partial charge is 0.381 e. The number of ether oxygens (including phenoxy) is 1. The van der Waals surface area contributed by atoms with Gasteiger partial charge in [-0.25, -0.2) is 0 Å². The van der Waals surface area contributed by atoms with Gasteiger partial charge >= 0.3 is 0 Å². The minimum absolute atomic E-state index is 0.0152. The first-order valence-corrected chi connectivity index (χ1v) is 9.80. The zero-order chi connectivity index (χ0) is 17.6. The SMILES string of the molecule is CCC(CC)c1cc(C(=O)N2CCCN(C3CCOCC3)CC2)on1. The molecule has 0 aromatic carbocycles. The Morgan fingerprint density at radius 3 is 2.68 bits per heavy atom. The zero-order valence-electron chi connectivity index (χ0n) is 15.6. The third-order valence-electron chi connectivity index (χ3n) is 5.67. The third kappa shape index (κ3) is 4.42. The van der Waals surface area contributed by atoms with E-state index in [1.165, 1.54) is 0 Å². The van der Waals surface area contributed by atoms with Gasteiger partial charge in [0.2, 0.25) is 5.76 Å². The van der Waals surface area contributed by atoms with Gasteiger partial charge in [0.15, 0.2) is 0 Å². The van der Waals surface area contributed by atoms with Gasteiger partial charge in [-0.1, -0.05) is 19.0 Å². The molecule has 1 aromatic rings. The van der Waals surface area contributed by atoms with Crippen LogP contribution in [0.25, 0.3) is 0 Å². The number of carbonyl (C=O) groups is 1. The lowest BCUT2D eigenvalue weighted by Crippen LogP contribution is -2.42. The molecule has 3 rings (SSSR count). The Morgan fingerprint density at radius 1 is 1.20 bits per heavy atom. The molecule has 2 aliphatic rings. The Kier molecular flexibility index (Phi) is 6.48. The van der Waals surface area contributed by atoms with E-state index in [9.17, 15) is 4.79 Å². The standard InChI is InChI=1S/C19H31N3O3/c1-3-15(4-2)17-14-18(25-20-17)19(23)22-9-5-8-21(10-11-22)16-6-12-24-13-7-16/h14-16H,3-13H2,1-2H3. The second-order valence-electron chi connectivity index (χ2n) is 7.15. The summed E-state index contributed by atoms with van der Waals surface area (Å²) < 4.78 is 10.8. The van der Waals surface area contributed by atoms with Crippen molar-refractivity contribution in [3.8, 4) is 0 Å². The second kappa shape index (κ2) is 8.81. The van der Waals surface area contributed by atoms with E-state index < -0.39 is 0 Å². The van der Waals surface area contributed by atoms with Crippen molar-refractivity contribution < 1.29 is 14.1 Å². The van der Waals surface area contributed by atoms with Crippen molar-refractivity contribution in [2.45, 2.75) is 57.9 Å². The Balaban J connectivity index is 1.59. The van der Waals surface area contributed by atoms with Crippen molar-refractivity contribution in [2.24, 2.45) is 0 Å². The molecule has 140 valence electrons. The molecule has 2 fully saturated rings. The maximum absolute atomic E-state index is 12.8. The van der Waals surface area contributed by atoms with Gasteiger partial charge in [0, 0.05) is 57.4 Å². The predicted octanol–water partition coefficient (Wildman–Crippen LogP) is 2.91. The molecule has 3 heterocycles. The van der Waals surface area contributed by atoms with E-state index in [1.54, 1.807) is 0 Å². The fraction of sp³-hybridized carbons (Fsp3) is 0.789. The smallest absolute Gasteiger partial charge is 0.292 e. The summed E-state index contributed by atoms with van der Waals surface area (Å²) in [7, 11) is 0. The Hall–Kier alpha value is -1.40. The second-order valence-corrected chi connectivity index (χ2v) is 7.15. The summed E-state index contributed by atoms with van der Waals surface area (Å²) in [5, 5.41) is 4.14. The highest BCUT2D eigenvalue weighted by atomic mass is 16.5. The molecule has 0 N–H and O–H groups in total. The minimum Gasteiger partial charge on any atom is -0.381 e. The highest BCUT2D eigenvalue weighted by molar-refractivity contribution is 5.91. The zero-order valence-corrected chi connectivity index (χ0v) is 15.6. The number of amides is 1. The van der Waals surface area contributed by atoms with Gasteiger partial charge < -0.3 is 14.2 Å². The molecule has 0 bridgehead atoms. The fourth-order valence-electron chi connectivity index (χ4n) is 4.00. The molecule has 0 saturated carbocycles. The summed E-state index contributed by atoms with van der Waals surface area (Å²) in [6, 6.07) is 2.46. The van der Waals surface area contributed by atoms with Gasteiger partial charge in [0.25, 0.3) is 5.91 Å². The van der Waals surface area contributed by atoms with E-state index in [4.69, 9.17) is 9.26 Å². The van der Waals surface area contributed by atoms with E-state index >= 15 is 0 Å². The Morgan fingerprint density at radius 2 is 1.96 bits per heavy atom. The van der Waals surface area contributed by atoms with Gasteiger partial charge in [0.05, 0.1) is 5.69 Å². The molecule has 0 aliphatic carbocycles. The third-order valence-corrected chi connectivity index (χ3v) is 5.67. The molecule has 2 saturated heterocycles. The van der Waals surface area contributed by atoms with Crippen LogP contribution in [0.3, 0.4) is 0 Å². The van der Waals surface area contributed by atoms with Crippen molar-refractivity contribution in [1.82, 2.24) is 15.0 Å². The van der Waals surface area contributed by atoms with E-state index in [0.717, 1.165) is 77.2 Å². The molecule has 1 aromatic heterocycles. The molecule has 6 nitrogen and oxygen atoms in total. The highest BCUT2D eigenvalue weighted by Gasteiger charge is 2.27. The summed E-state index contributed by atoms with van der Waals surface area (Å²) >= 11 is 0. The molecule has 0 atom stereocenters. The summed E-state index contributed by atoms with van der Waals surface area (Å²) in [4.78, 5) is 17.3. The topological polar surface area (TPSA) is 58.8 Å². The molecule has 0 unspecified atom stereocenters. The van der Waals surface area contributed by atoms with Crippen LogP contribution in [0.4, 0.5) is 0 Å². The number of carbonyl (C=O) groups excluding carboxylic acids is 1. The van der Waals surface area contributed by atoms with Gasteiger partial charge in [-0.15, -0.1) is 0 Å². The normalized spacial score (nSPS) is 20.8. The lowest BCUT2D eigenvalue weighted by atomic mass is 9.99. The first-order valence-electron chi connectivity index (χ1n) is 9.80. The van der Waals surface area contributed by atoms with Crippen LogP contribution in [0.5, 0.6) is 0 Å². The summed E-state index contributed by atoms with van der Waals surface area (Å²) in [5.41, 5.74) is 0.909. The minimum atomic E-state index is -0.0152. The van der Waals surface area contributed by atoms with E-state index in [1.807, 2.05) is 11.0 Å². The number of rotatable bonds is 5. The molecule has 0 radical (unpaired) electrons.